The quantitative estimate of drug-likeness (QED) is 0.328. The van der Waals surface area contributed by atoms with E-state index in [1.165, 1.54) is 0 Å². The molecule has 168 valence electrons. The molecular formula is C19H53N2PS4. The normalized spacial score (nSPS) is 19.2. The number of nitrogens with zero attached hydrogens (tertiary/aromatic N) is 2. The molecular weight excluding hydrogens is 415 g/mol. The van der Waals surface area contributed by atoms with Crippen LogP contribution >= 0.6 is 48.1 Å². The Kier molecular flexibility index (Phi) is 8.66. The number of hydrogen-bond donors (Lipinski definition) is 0. The summed E-state index contributed by atoms with van der Waals surface area (Å²) < 4.78 is 6.07. The fraction of sp³-hybridized carbons (Fsp3) is 1.00. The summed E-state index contributed by atoms with van der Waals surface area (Å²) in [6, 6.07) is 0. The predicted octanol–water partition coefficient (Wildman–Crippen LogP) is 6.12. The van der Waals surface area contributed by atoms with Crippen molar-refractivity contribution >= 4 is 48.1 Å². The van der Waals surface area contributed by atoms with Crippen LogP contribution in [0.2, 0.25) is 0 Å². The fourth-order valence-corrected chi connectivity index (χ4v) is 26.1. The third-order valence-corrected chi connectivity index (χ3v) is 22.0. The van der Waals surface area contributed by atoms with E-state index in [0.717, 1.165) is 0 Å². The van der Waals surface area contributed by atoms with Crippen LogP contribution in [0.25, 0.3) is 0 Å². The molecule has 0 rings (SSSR count). The maximum absolute atomic E-state index is 3.04. The van der Waals surface area contributed by atoms with Gasteiger partial charge in [0.05, 0.1) is 0 Å². The van der Waals surface area contributed by atoms with Crippen molar-refractivity contribution in [2.75, 3.05) is 88.4 Å². The zero-order valence-electron chi connectivity index (χ0n) is 21.1. The van der Waals surface area contributed by atoms with Gasteiger partial charge in [-0.15, -0.1) is 0 Å². The third-order valence-electron chi connectivity index (χ3n) is 5.14. The van der Waals surface area contributed by atoms with Crippen molar-refractivity contribution in [3.63, 3.8) is 0 Å². The van der Waals surface area contributed by atoms with Gasteiger partial charge in [0.15, 0.2) is 0 Å². The van der Waals surface area contributed by atoms with E-state index < -0.39 is 48.1 Å². The molecule has 0 unspecified atom stereocenters. The van der Waals surface area contributed by atoms with Crippen molar-refractivity contribution in [1.82, 2.24) is 7.42 Å². The monoisotopic (exact) mass is 468 g/mol. The summed E-state index contributed by atoms with van der Waals surface area (Å²) in [5.41, 5.74) is 0. The Bertz CT molecular complexity index is 414. The summed E-state index contributed by atoms with van der Waals surface area (Å²) in [4.78, 5) is 0. The van der Waals surface area contributed by atoms with Gasteiger partial charge in [0.1, 0.15) is 0 Å². The van der Waals surface area contributed by atoms with E-state index in [0.29, 0.717) is 11.1 Å². The summed E-state index contributed by atoms with van der Waals surface area (Å²) in [6.45, 7) is 12.8. The molecule has 0 aliphatic carbocycles. The molecule has 0 heterocycles. The van der Waals surface area contributed by atoms with Gasteiger partial charge < -0.3 is 0 Å². The summed E-state index contributed by atoms with van der Waals surface area (Å²) in [7, 11) is -5.03. The molecule has 0 aliphatic heterocycles. The summed E-state index contributed by atoms with van der Waals surface area (Å²) >= 11 is 0. The Morgan fingerprint density at radius 1 is 0.538 bits per heavy atom. The summed E-state index contributed by atoms with van der Waals surface area (Å²) in [5.74, 6) is 0.581. The van der Waals surface area contributed by atoms with Gasteiger partial charge in [-0.05, 0) is 0 Å². The van der Waals surface area contributed by atoms with Crippen molar-refractivity contribution in [1.29, 1.82) is 0 Å². The molecule has 0 aromatic carbocycles. The Morgan fingerprint density at radius 3 is 0.846 bits per heavy atom. The predicted molar refractivity (Wildman–Crippen MR) is 149 cm³/mol. The van der Waals surface area contributed by atoms with Gasteiger partial charge >= 0.3 is 176 Å². The van der Waals surface area contributed by atoms with Gasteiger partial charge in [0.2, 0.25) is 0 Å². The Balaban J connectivity index is 7.04. The summed E-state index contributed by atoms with van der Waals surface area (Å²) in [6.07, 6.45) is 30.2. The fourth-order valence-electron chi connectivity index (χ4n) is 3.53. The average molecular weight is 469 g/mol. The molecule has 0 fully saturated rings. The first-order valence-corrected chi connectivity index (χ1v) is 23.5. The minimum atomic E-state index is -1.66. The second-order valence-corrected chi connectivity index (χ2v) is 33.7. The van der Waals surface area contributed by atoms with Gasteiger partial charge in [-0.2, -0.15) is 0 Å². The Morgan fingerprint density at radius 2 is 0.731 bits per heavy atom. The van der Waals surface area contributed by atoms with Crippen LogP contribution < -0.4 is 0 Å². The average Bonchev–Trinajstić information content (AvgIpc) is 2.17. The first-order chi connectivity index (χ1) is 10.9. The van der Waals surface area contributed by atoms with Gasteiger partial charge in [0, 0.05) is 0 Å². The van der Waals surface area contributed by atoms with Crippen molar-refractivity contribution < 1.29 is 0 Å². The van der Waals surface area contributed by atoms with Crippen molar-refractivity contribution in [2.24, 2.45) is 0 Å². The van der Waals surface area contributed by atoms with Crippen LogP contribution in [0.15, 0.2) is 0 Å². The van der Waals surface area contributed by atoms with Crippen molar-refractivity contribution in [2.45, 2.75) is 31.8 Å². The van der Waals surface area contributed by atoms with Crippen LogP contribution in [0.1, 0.15) is 20.8 Å². The second kappa shape index (κ2) is 8.12. The minimum absolute atomic E-state index is 0.360. The SMILES string of the molecule is CC(C)(C)[PH](C)(C)C(N(S(C)(C)C)S(C)(C)C)N(S(C)(C)C)S(C)(C)C. The number of rotatable bonds is 7. The molecule has 0 radical (unpaired) electrons. The molecule has 7 heteroatoms. The molecule has 0 atom stereocenters. The molecule has 0 bridgehead atoms. The molecule has 0 aliphatic rings. The van der Waals surface area contributed by atoms with E-state index in [9.17, 15) is 0 Å². The molecule has 0 aromatic heterocycles. The van der Waals surface area contributed by atoms with Gasteiger partial charge in [-0.1, -0.05) is 0 Å². The third kappa shape index (κ3) is 6.64. The zero-order valence-corrected chi connectivity index (χ0v) is 25.4. The Hall–Kier alpha value is 1.75. The first-order valence-electron chi connectivity index (χ1n) is 9.18. The molecule has 0 saturated carbocycles. The molecule has 0 saturated heterocycles. The van der Waals surface area contributed by atoms with E-state index in [-0.39, 0.29) is 0 Å². The molecule has 26 heavy (non-hydrogen) atoms. The molecule has 2 nitrogen and oxygen atoms in total. The van der Waals surface area contributed by atoms with Crippen LogP contribution in [-0.2, 0) is 0 Å². The van der Waals surface area contributed by atoms with Gasteiger partial charge in [-0.25, -0.2) is 0 Å². The van der Waals surface area contributed by atoms with Crippen LogP contribution in [-0.4, -0.2) is 107 Å². The maximum atomic E-state index is 3.04. The second-order valence-electron chi connectivity index (χ2n) is 12.0. The van der Waals surface area contributed by atoms with Crippen molar-refractivity contribution in [3.05, 3.63) is 0 Å². The standard InChI is InChI=1S/C19H53N2PS4/c1-19(2,3)22(4,5)18(20(23(6,7)8)24(9,10)11)21(25(12,13)14)26(15,16)17/h18,22H,1-17H3. The van der Waals surface area contributed by atoms with E-state index in [2.05, 4.69) is 117 Å². The first kappa shape index (κ1) is 27.8. The van der Waals surface area contributed by atoms with Crippen molar-refractivity contribution in [3.8, 4) is 0 Å². The number of hydrogen-bond acceptors (Lipinski definition) is 2. The molecule has 0 N–H and O–H groups in total. The van der Waals surface area contributed by atoms with E-state index in [1.54, 1.807) is 0 Å². The van der Waals surface area contributed by atoms with Crippen LogP contribution in [0.3, 0.4) is 0 Å². The molecule has 0 aromatic rings. The van der Waals surface area contributed by atoms with E-state index in [1.807, 2.05) is 0 Å². The van der Waals surface area contributed by atoms with Crippen LogP contribution in [0.4, 0.5) is 0 Å². The van der Waals surface area contributed by atoms with Crippen LogP contribution in [0.5, 0.6) is 0 Å². The van der Waals surface area contributed by atoms with E-state index in [4.69, 9.17) is 0 Å². The van der Waals surface area contributed by atoms with Gasteiger partial charge in [0.25, 0.3) is 0 Å². The Labute approximate surface area is 175 Å². The summed E-state index contributed by atoms with van der Waals surface area (Å²) in [5, 5.41) is 0.360. The van der Waals surface area contributed by atoms with Crippen LogP contribution in [0, 0.1) is 0 Å². The van der Waals surface area contributed by atoms with E-state index >= 15 is 0 Å². The van der Waals surface area contributed by atoms with Gasteiger partial charge in [-0.3, -0.25) is 0 Å². The zero-order chi connectivity index (χ0) is 21.7. The molecule has 0 spiro atoms. The molecule has 0 amide bonds. The topological polar surface area (TPSA) is 6.48 Å².